The van der Waals surface area contributed by atoms with Gasteiger partial charge in [0.2, 0.25) is 0 Å². The van der Waals surface area contributed by atoms with Crippen molar-refractivity contribution >= 4 is 35.0 Å². The van der Waals surface area contributed by atoms with E-state index in [1.807, 2.05) is 6.92 Å². The predicted octanol–water partition coefficient (Wildman–Crippen LogP) is 4.58. The summed E-state index contributed by atoms with van der Waals surface area (Å²) in [5.74, 6) is -0.292. The molecule has 0 aromatic heterocycles. The van der Waals surface area contributed by atoms with Crippen LogP contribution in [-0.2, 0) is 4.79 Å². The predicted molar refractivity (Wildman–Crippen MR) is 107 cm³/mol. The number of alkyl halides is 4. The molecule has 158 valence electrons. The van der Waals surface area contributed by atoms with Crippen LogP contribution in [0.4, 0.5) is 23.2 Å². The Balaban J connectivity index is 1.81. The molecule has 1 N–H and O–H groups in total. The Labute approximate surface area is 174 Å². The first kappa shape index (κ1) is 21.6. The number of thiocarbonyl (C=S) groups is 1. The highest BCUT2D eigenvalue weighted by atomic mass is 32.1. The normalized spacial score (nSPS) is 15.7. The van der Waals surface area contributed by atoms with Crippen LogP contribution in [0.3, 0.4) is 0 Å². The molecule has 1 heterocycles. The molecule has 0 aliphatic carbocycles. The number of hydrogen-bond acceptors (Lipinski definition) is 4. The van der Waals surface area contributed by atoms with Crippen molar-refractivity contribution in [1.82, 2.24) is 5.32 Å². The lowest BCUT2D eigenvalue weighted by Crippen LogP contribution is -2.33. The number of carbonyl (C=O) groups is 1. The number of nitrogens with one attached hydrogen (secondary N) is 1. The molecule has 0 radical (unpaired) electrons. The lowest BCUT2D eigenvalue weighted by Gasteiger charge is -2.16. The van der Waals surface area contributed by atoms with E-state index in [1.165, 1.54) is 23.1 Å². The van der Waals surface area contributed by atoms with Crippen molar-refractivity contribution in [3.8, 4) is 11.5 Å². The first-order chi connectivity index (χ1) is 14.2. The molecule has 0 atom stereocenters. The summed E-state index contributed by atoms with van der Waals surface area (Å²) in [6.07, 6.45) is -7.24. The third-order valence-electron chi connectivity index (χ3n) is 3.96. The number of benzene rings is 2. The van der Waals surface area contributed by atoms with Gasteiger partial charge in [0.05, 0.1) is 12.3 Å². The quantitative estimate of drug-likeness (QED) is 0.388. The Morgan fingerprint density at radius 1 is 1.17 bits per heavy atom. The number of rotatable bonds is 7. The monoisotopic (exact) mass is 440 g/mol. The van der Waals surface area contributed by atoms with E-state index in [0.29, 0.717) is 18.0 Å². The number of nitrogens with zero attached hydrogens (tertiary/aromatic N) is 1. The zero-order chi connectivity index (χ0) is 21.9. The molecule has 1 amide bonds. The number of ether oxygens (including phenoxy) is 2. The second kappa shape index (κ2) is 8.70. The Kier molecular flexibility index (Phi) is 6.25. The summed E-state index contributed by atoms with van der Waals surface area (Å²) in [4.78, 5) is 14.0. The summed E-state index contributed by atoms with van der Waals surface area (Å²) < 4.78 is 60.3. The van der Waals surface area contributed by atoms with Crippen LogP contribution in [0.25, 0.3) is 6.08 Å². The molecule has 1 saturated heterocycles. The van der Waals surface area contributed by atoms with Crippen molar-refractivity contribution in [3.63, 3.8) is 0 Å². The number of halogens is 4. The maximum Gasteiger partial charge on any atom is 0.461 e. The van der Waals surface area contributed by atoms with Crippen LogP contribution in [-0.4, -0.2) is 30.2 Å². The third kappa shape index (κ3) is 4.70. The van der Waals surface area contributed by atoms with Crippen LogP contribution < -0.4 is 19.7 Å². The Bertz CT molecular complexity index is 980. The fraction of sp³-hybridized carbons (Fsp3) is 0.200. The largest absolute Gasteiger partial charge is 0.494 e. The van der Waals surface area contributed by atoms with Gasteiger partial charge in [-0.15, -0.1) is 0 Å². The van der Waals surface area contributed by atoms with Gasteiger partial charge in [-0.2, -0.15) is 17.6 Å². The molecule has 5 nitrogen and oxygen atoms in total. The summed E-state index contributed by atoms with van der Waals surface area (Å²) in [6.45, 7) is 2.35. The van der Waals surface area contributed by atoms with Gasteiger partial charge in [-0.25, -0.2) is 0 Å². The van der Waals surface area contributed by atoms with Gasteiger partial charge in [-0.1, -0.05) is 12.1 Å². The summed E-state index contributed by atoms with van der Waals surface area (Å²) in [7, 11) is 0. The van der Waals surface area contributed by atoms with Crippen molar-refractivity contribution in [2.45, 2.75) is 19.5 Å². The minimum absolute atomic E-state index is 0.0895. The van der Waals surface area contributed by atoms with Gasteiger partial charge < -0.3 is 14.8 Å². The second-order valence-electron chi connectivity index (χ2n) is 6.09. The number of carbonyl (C=O) groups excluding carboxylic acids is 1. The van der Waals surface area contributed by atoms with Gasteiger partial charge in [-0.05, 0) is 67.2 Å². The van der Waals surface area contributed by atoms with Gasteiger partial charge in [0.25, 0.3) is 5.91 Å². The maximum absolute atomic E-state index is 13.1. The van der Waals surface area contributed by atoms with Crippen LogP contribution in [0.15, 0.2) is 54.2 Å². The molecule has 2 aromatic rings. The number of amides is 1. The molecule has 1 aliphatic rings. The first-order valence-electron chi connectivity index (χ1n) is 8.76. The minimum Gasteiger partial charge on any atom is -0.494 e. The summed E-state index contributed by atoms with van der Waals surface area (Å²) in [5, 5.41) is 2.89. The second-order valence-corrected chi connectivity index (χ2v) is 6.48. The molecule has 0 bridgehead atoms. The van der Waals surface area contributed by atoms with Crippen molar-refractivity contribution in [2.75, 3.05) is 11.5 Å². The molecule has 3 rings (SSSR count). The molecule has 30 heavy (non-hydrogen) atoms. The van der Waals surface area contributed by atoms with E-state index in [2.05, 4.69) is 10.1 Å². The van der Waals surface area contributed by atoms with Crippen molar-refractivity contribution < 1.29 is 31.8 Å². The fourth-order valence-corrected chi connectivity index (χ4v) is 2.96. The first-order valence-corrected chi connectivity index (χ1v) is 9.17. The lowest BCUT2D eigenvalue weighted by molar-refractivity contribution is -0.253. The summed E-state index contributed by atoms with van der Waals surface area (Å²) in [6, 6.07) is 11.8. The van der Waals surface area contributed by atoms with E-state index in [4.69, 9.17) is 17.0 Å². The number of anilines is 1. The average Bonchev–Trinajstić information content (AvgIpc) is 2.96. The fourth-order valence-electron chi connectivity index (χ4n) is 2.66. The van der Waals surface area contributed by atoms with Gasteiger partial charge in [0.1, 0.15) is 17.2 Å². The zero-order valence-corrected chi connectivity index (χ0v) is 16.4. The molecular formula is C20H16F4N2O3S. The topological polar surface area (TPSA) is 50.8 Å². The highest BCUT2D eigenvalue weighted by Gasteiger charge is 2.44. The van der Waals surface area contributed by atoms with E-state index in [-0.39, 0.29) is 16.4 Å². The zero-order valence-electron chi connectivity index (χ0n) is 15.6. The molecule has 2 aromatic carbocycles. The van der Waals surface area contributed by atoms with Gasteiger partial charge >= 0.3 is 12.5 Å². The van der Waals surface area contributed by atoms with Crippen LogP contribution in [0.2, 0.25) is 0 Å². The van der Waals surface area contributed by atoms with Crippen molar-refractivity contribution in [2.24, 2.45) is 0 Å². The SMILES string of the molecule is CCOc1ccc(N2C(=O)/C(=C/c3cccc(OC(F)(F)C(F)F)c3)NC2=S)cc1. The van der Waals surface area contributed by atoms with E-state index in [0.717, 1.165) is 12.1 Å². The minimum atomic E-state index is -4.63. The van der Waals surface area contributed by atoms with E-state index < -0.39 is 24.2 Å². The van der Waals surface area contributed by atoms with E-state index >= 15 is 0 Å². The van der Waals surface area contributed by atoms with Crippen LogP contribution in [0, 0.1) is 0 Å². The Morgan fingerprint density at radius 3 is 2.50 bits per heavy atom. The molecule has 0 unspecified atom stereocenters. The van der Waals surface area contributed by atoms with E-state index in [9.17, 15) is 22.4 Å². The third-order valence-corrected chi connectivity index (χ3v) is 4.25. The Hall–Kier alpha value is -3.14. The van der Waals surface area contributed by atoms with Gasteiger partial charge in [-0.3, -0.25) is 9.69 Å². The molecule has 1 aliphatic heterocycles. The highest BCUT2D eigenvalue weighted by Crippen LogP contribution is 2.29. The molecular weight excluding hydrogens is 424 g/mol. The Morgan fingerprint density at radius 2 is 1.87 bits per heavy atom. The highest BCUT2D eigenvalue weighted by molar-refractivity contribution is 7.80. The van der Waals surface area contributed by atoms with Crippen molar-refractivity contribution in [1.29, 1.82) is 0 Å². The van der Waals surface area contributed by atoms with Gasteiger partial charge in [0, 0.05) is 0 Å². The summed E-state index contributed by atoms with van der Waals surface area (Å²) >= 11 is 5.22. The van der Waals surface area contributed by atoms with Gasteiger partial charge in [0.15, 0.2) is 5.11 Å². The van der Waals surface area contributed by atoms with Crippen LogP contribution in [0.5, 0.6) is 11.5 Å². The van der Waals surface area contributed by atoms with Crippen LogP contribution >= 0.6 is 12.2 Å². The number of hydrogen-bond donors (Lipinski definition) is 1. The van der Waals surface area contributed by atoms with Crippen LogP contribution in [0.1, 0.15) is 12.5 Å². The summed E-state index contributed by atoms with van der Waals surface area (Å²) in [5.41, 5.74) is 0.884. The standard InChI is InChI=1S/C20H16F4N2O3S/c1-2-28-14-8-6-13(7-9-14)26-17(27)16(25-19(26)30)11-12-4-3-5-15(10-12)29-20(23,24)18(21)22/h3-11,18H,2H2,1H3,(H,25,30)/b16-11-. The smallest absolute Gasteiger partial charge is 0.461 e. The molecule has 0 spiro atoms. The average molecular weight is 440 g/mol. The molecule has 1 fully saturated rings. The maximum atomic E-state index is 13.1. The lowest BCUT2D eigenvalue weighted by atomic mass is 10.1. The molecule has 10 heteroatoms. The molecule has 0 saturated carbocycles. The van der Waals surface area contributed by atoms with E-state index in [1.54, 1.807) is 24.3 Å². The van der Waals surface area contributed by atoms with Crippen molar-refractivity contribution in [3.05, 3.63) is 59.8 Å².